The summed E-state index contributed by atoms with van der Waals surface area (Å²) in [5.41, 5.74) is -0.790. The van der Waals surface area contributed by atoms with Gasteiger partial charge < -0.3 is 10.1 Å². The summed E-state index contributed by atoms with van der Waals surface area (Å²) in [6.45, 7) is 5.53. The molecule has 0 spiro atoms. The van der Waals surface area contributed by atoms with E-state index in [4.69, 9.17) is 4.74 Å². The molecule has 0 bridgehead atoms. The van der Waals surface area contributed by atoms with Gasteiger partial charge >= 0.3 is 12.0 Å². The van der Waals surface area contributed by atoms with Gasteiger partial charge in [-0.3, -0.25) is 4.79 Å². The van der Waals surface area contributed by atoms with Crippen LogP contribution in [0.15, 0.2) is 43.0 Å². The Labute approximate surface area is 135 Å². The summed E-state index contributed by atoms with van der Waals surface area (Å²) in [6, 6.07) is 7.98. The maximum Gasteiger partial charge on any atom is 0.332 e. The predicted molar refractivity (Wildman–Crippen MR) is 85.9 cm³/mol. The molecule has 23 heavy (non-hydrogen) atoms. The Hall–Kier alpha value is -2.63. The fraction of sp³-hybridized carbons (Fsp3) is 0.353. The number of ether oxygens (including phenoxy) is 1. The van der Waals surface area contributed by atoms with Crippen molar-refractivity contribution in [2.24, 2.45) is 0 Å². The van der Waals surface area contributed by atoms with Crippen LogP contribution in [0.1, 0.15) is 26.2 Å². The normalized spacial score (nSPS) is 21.3. The van der Waals surface area contributed by atoms with E-state index in [0.29, 0.717) is 5.69 Å². The van der Waals surface area contributed by atoms with Crippen LogP contribution in [0.3, 0.4) is 0 Å². The summed E-state index contributed by atoms with van der Waals surface area (Å²) in [7, 11) is 0. The van der Waals surface area contributed by atoms with Crippen molar-refractivity contribution < 1.29 is 19.1 Å². The van der Waals surface area contributed by atoms with Crippen molar-refractivity contribution in [2.75, 3.05) is 11.5 Å². The molecule has 1 aromatic carbocycles. The van der Waals surface area contributed by atoms with Gasteiger partial charge in [-0.05, 0) is 31.9 Å². The molecule has 6 heteroatoms. The quantitative estimate of drug-likeness (QED) is 0.668. The van der Waals surface area contributed by atoms with Crippen molar-refractivity contribution in [3.05, 3.63) is 43.0 Å². The molecule has 1 fully saturated rings. The maximum absolute atomic E-state index is 12.6. The molecule has 122 valence electrons. The minimum Gasteiger partial charge on any atom is -0.464 e. The third-order valence-electron chi connectivity index (χ3n) is 3.74. The fourth-order valence-corrected chi connectivity index (χ4v) is 2.61. The number of carbonyl (C=O) groups excluding carboxylic acids is 3. The number of anilines is 1. The molecule has 0 saturated carbocycles. The molecule has 1 aliphatic heterocycles. The molecular weight excluding hydrogens is 296 g/mol. The Morgan fingerprint density at radius 1 is 1.39 bits per heavy atom. The van der Waals surface area contributed by atoms with Crippen LogP contribution in [0.2, 0.25) is 0 Å². The van der Waals surface area contributed by atoms with E-state index in [1.807, 2.05) is 0 Å². The van der Waals surface area contributed by atoms with Gasteiger partial charge in [0, 0.05) is 6.42 Å². The largest absolute Gasteiger partial charge is 0.464 e. The number of amides is 3. The van der Waals surface area contributed by atoms with E-state index in [2.05, 4.69) is 11.9 Å². The summed E-state index contributed by atoms with van der Waals surface area (Å²) < 4.78 is 5.09. The van der Waals surface area contributed by atoms with Crippen LogP contribution in [-0.2, 0) is 14.3 Å². The number of para-hydroxylation sites is 1. The molecule has 1 unspecified atom stereocenters. The van der Waals surface area contributed by atoms with Crippen LogP contribution in [0.25, 0.3) is 0 Å². The van der Waals surface area contributed by atoms with Crippen molar-refractivity contribution in [3.63, 3.8) is 0 Å². The van der Waals surface area contributed by atoms with Crippen LogP contribution in [0.5, 0.6) is 0 Å². The van der Waals surface area contributed by atoms with E-state index in [-0.39, 0.29) is 31.8 Å². The molecule has 0 radical (unpaired) electrons. The first-order valence-corrected chi connectivity index (χ1v) is 7.52. The molecule has 1 N–H and O–H groups in total. The van der Waals surface area contributed by atoms with E-state index < -0.39 is 17.5 Å². The van der Waals surface area contributed by atoms with Crippen molar-refractivity contribution in [3.8, 4) is 0 Å². The topological polar surface area (TPSA) is 75.7 Å². The first kappa shape index (κ1) is 16.7. The number of esters is 1. The van der Waals surface area contributed by atoms with Gasteiger partial charge in [0.2, 0.25) is 5.91 Å². The van der Waals surface area contributed by atoms with Gasteiger partial charge in [0.25, 0.3) is 0 Å². The predicted octanol–water partition coefficient (Wildman–Crippen LogP) is 2.40. The van der Waals surface area contributed by atoms with Crippen LogP contribution >= 0.6 is 0 Å². The highest BCUT2D eigenvalue weighted by Crippen LogP contribution is 2.27. The third kappa shape index (κ3) is 3.41. The second-order valence-electron chi connectivity index (χ2n) is 5.29. The number of nitrogens with zero attached hydrogens (tertiary/aromatic N) is 1. The lowest BCUT2D eigenvalue weighted by molar-refractivity contribution is -0.150. The van der Waals surface area contributed by atoms with Crippen molar-refractivity contribution in [2.45, 2.75) is 31.7 Å². The van der Waals surface area contributed by atoms with Crippen LogP contribution in [-0.4, -0.2) is 30.1 Å². The van der Waals surface area contributed by atoms with Gasteiger partial charge in [0.1, 0.15) is 5.54 Å². The van der Waals surface area contributed by atoms with Gasteiger partial charge in [-0.2, -0.15) is 0 Å². The molecule has 2 rings (SSSR count). The lowest BCUT2D eigenvalue weighted by Crippen LogP contribution is -2.56. The molecular formula is C17H20N2O4. The second-order valence-corrected chi connectivity index (χ2v) is 5.29. The monoisotopic (exact) mass is 316 g/mol. The molecule has 1 atom stereocenters. The highest BCUT2D eigenvalue weighted by Gasteiger charge is 2.45. The van der Waals surface area contributed by atoms with E-state index in [0.717, 1.165) is 4.90 Å². The molecule has 1 aliphatic rings. The van der Waals surface area contributed by atoms with Crippen LogP contribution in [0.4, 0.5) is 10.5 Å². The van der Waals surface area contributed by atoms with E-state index >= 15 is 0 Å². The number of urea groups is 1. The lowest BCUT2D eigenvalue weighted by Gasteiger charge is -2.30. The van der Waals surface area contributed by atoms with Crippen molar-refractivity contribution in [1.82, 2.24) is 5.32 Å². The Bertz CT molecular complexity index is 614. The summed E-state index contributed by atoms with van der Waals surface area (Å²) in [4.78, 5) is 38.4. The summed E-state index contributed by atoms with van der Waals surface area (Å²) in [5.74, 6) is -0.903. The zero-order valence-corrected chi connectivity index (χ0v) is 13.1. The number of benzene rings is 1. The average Bonchev–Trinajstić information content (AvgIpc) is 2.66. The maximum atomic E-state index is 12.6. The van der Waals surface area contributed by atoms with E-state index in [9.17, 15) is 14.4 Å². The first-order valence-electron chi connectivity index (χ1n) is 7.52. The molecule has 3 amide bonds. The Balaban J connectivity index is 2.35. The van der Waals surface area contributed by atoms with Crippen molar-refractivity contribution in [1.29, 1.82) is 0 Å². The summed E-state index contributed by atoms with van der Waals surface area (Å²) >= 11 is 0. The standard InChI is InChI=1S/C17H20N2O4/c1-3-11-17(15(21)23-4-2)12-10-14(20)19(16(22)18-17)13-8-6-5-7-9-13/h3,5-9H,1,4,10-12H2,2H3,(H,18,22). The molecule has 0 aromatic heterocycles. The zero-order valence-electron chi connectivity index (χ0n) is 13.1. The number of carbonyl (C=O) groups is 3. The lowest BCUT2D eigenvalue weighted by atomic mass is 9.90. The Morgan fingerprint density at radius 3 is 2.70 bits per heavy atom. The first-order chi connectivity index (χ1) is 11.0. The van der Waals surface area contributed by atoms with Gasteiger partial charge in [0.05, 0.1) is 12.3 Å². The molecule has 1 aromatic rings. The van der Waals surface area contributed by atoms with Crippen LogP contribution < -0.4 is 10.2 Å². The highest BCUT2D eigenvalue weighted by atomic mass is 16.5. The number of rotatable bonds is 5. The minimum absolute atomic E-state index is 0.0558. The van der Waals surface area contributed by atoms with E-state index in [1.54, 1.807) is 43.3 Å². The second kappa shape index (κ2) is 7.09. The highest BCUT2D eigenvalue weighted by molar-refractivity contribution is 6.16. The molecule has 0 aliphatic carbocycles. The Morgan fingerprint density at radius 2 is 2.09 bits per heavy atom. The fourth-order valence-electron chi connectivity index (χ4n) is 2.61. The van der Waals surface area contributed by atoms with Crippen molar-refractivity contribution >= 4 is 23.6 Å². The number of hydrogen-bond donors (Lipinski definition) is 1. The molecule has 6 nitrogen and oxygen atoms in total. The SMILES string of the molecule is C=CCC1(C(=O)OCC)CCC(=O)N(c2ccccc2)C(=O)N1. The number of hydrogen-bond acceptors (Lipinski definition) is 4. The summed E-state index contributed by atoms with van der Waals surface area (Å²) in [5, 5.41) is 2.68. The van der Waals surface area contributed by atoms with E-state index in [1.165, 1.54) is 0 Å². The molecule has 1 heterocycles. The summed E-state index contributed by atoms with van der Waals surface area (Å²) in [6.07, 6.45) is 1.97. The van der Waals surface area contributed by atoms with Crippen LogP contribution in [0, 0.1) is 0 Å². The van der Waals surface area contributed by atoms with Gasteiger partial charge in [-0.15, -0.1) is 6.58 Å². The molecule has 1 saturated heterocycles. The average molecular weight is 316 g/mol. The Kier molecular flexibility index (Phi) is 5.16. The number of nitrogens with one attached hydrogen (secondary N) is 1. The number of imide groups is 1. The zero-order chi connectivity index (χ0) is 16.9. The third-order valence-corrected chi connectivity index (χ3v) is 3.74. The van der Waals surface area contributed by atoms with Gasteiger partial charge in [-0.25, -0.2) is 14.5 Å². The van der Waals surface area contributed by atoms with Gasteiger partial charge in [-0.1, -0.05) is 24.3 Å². The smallest absolute Gasteiger partial charge is 0.332 e. The minimum atomic E-state index is -1.26. The van der Waals surface area contributed by atoms with Gasteiger partial charge in [0.15, 0.2) is 0 Å².